The minimum atomic E-state index is -1.27. The fraction of sp³-hybridized carbons (Fsp3) is 1.00. The van der Waals surface area contributed by atoms with E-state index in [0.717, 1.165) is 0 Å². The molecule has 1 unspecified atom stereocenters. The van der Waals surface area contributed by atoms with Crippen molar-refractivity contribution in [3.63, 3.8) is 0 Å². The number of rotatable bonds is 5. The summed E-state index contributed by atoms with van der Waals surface area (Å²) in [6.07, 6.45) is -3.47. The van der Waals surface area contributed by atoms with Crippen LogP contribution in [-0.4, -0.2) is 51.9 Å². The summed E-state index contributed by atoms with van der Waals surface area (Å²) in [5, 5.41) is 35.3. The zero-order valence-corrected chi connectivity index (χ0v) is 6.22. The molecule has 0 heterocycles. The summed E-state index contributed by atoms with van der Waals surface area (Å²) < 4.78 is 0. The Kier molecular flexibility index (Phi) is 5.35. The normalized spacial score (nSPS) is 19.4. The molecule has 0 fully saturated rings. The van der Waals surface area contributed by atoms with E-state index in [2.05, 4.69) is 0 Å². The van der Waals surface area contributed by atoms with Gasteiger partial charge in [0.15, 0.2) is 0 Å². The monoisotopic (exact) mass is 165 g/mol. The van der Waals surface area contributed by atoms with Gasteiger partial charge >= 0.3 is 0 Å². The van der Waals surface area contributed by atoms with Crippen LogP contribution >= 0.6 is 0 Å². The van der Waals surface area contributed by atoms with Crippen molar-refractivity contribution in [2.45, 2.75) is 24.7 Å². The summed E-state index contributed by atoms with van der Waals surface area (Å²) in [5.74, 6) is 0. The van der Waals surface area contributed by atoms with Crippen LogP contribution in [0.1, 0.15) is 6.42 Å². The maximum absolute atomic E-state index is 9.03. The van der Waals surface area contributed by atoms with Crippen LogP contribution in [-0.2, 0) is 0 Å². The van der Waals surface area contributed by atoms with Crippen LogP contribution in [0.4, 0.5) is 0 Å². The van der Waals surface area contributed by atoms with Crippen molar-refractivity contribution >= 4 is 0 Å². The van der Waals surface area contributed by atoms with Crippen molar-refractivity contribution in [3.8, 4) is 0 Å². The van der Waals surface area contributed by atoms with Gasteiger partial charge in [-0.05, 0) is 6.42 Å². The van der Waals surface area contributed by atoms with Gasteiger partial charge in [0.1, 0.15) is 6.10 Å². The van der Waals surface area contributed by atoms with E-state index in [1.807, 2.05) is 0 Å². The average molecular weight is 165 g/mol. The highest BCUT2D eigenvalue weighted by atomic mass is 16.4. The lowest BCUT2D eigenvalue weighted by molar-refractivity contribution is -0.0617. The fourth-order valence-corrected chi connectivity index (χ4v) is 0.699. The second-order valence-electron chi connectivity index (χ2n) is 2.37. The third kappa shape index (κ3) is 3.64. The van der Waals surface area contributed by atoms with E-state index in [9.17, 15) is 0 Å². The topological polar surface area (TPSA) is 107 Å². The van der Waals surface area contributed by atoms with E-state index in [1.165, 1.54) is 0 Å². The Balaban J connectivity index is 3.70. The Labute approximate surface area is 65.1 Å². The molecule has 0 bridgehead atoms. The number of hydrogen-bond acceptors (Lipinski definition) is 5. The van der Waals surface area contributed by atoms with Gasteiger partial charge in [-0.3, -0.25) is 0 Å². The molecule has 0 aliphatic heterocycles. The molecule has 68 valence electrons. The molecule has 5 nitrogen and oxygen atoms in total. The van der Waals surface area contributed by atoms with Crippen molar-refractivity contribution < 1.29 is 20.4 Å². The van der Waals surface area contributed by atoms with Crippen LogP contribution in [0, 0.1) is 0 Å². The molecule has 0 rings (SSSR count). The molecule has 0 aliphatic rings. The summed E-state index contributed by atoms with van der Waals surface area (Å²) in [7, 11) is 0. The van der Waals surface area contributed by atoms with Gasteiger partial charge in [-0.15, -0.1) is 0 Å². The van der Waals surface area contributed by atoms with E-state index in [1.54, 1.807) is 0 Å². The van der Waals surface area contributed by atoms with E-state index >= 15 is 0 Å². The second-order valence-corrected chi connectivity index (χ2v) is 2.37. The maximum atomic E-state index is 9.03. The first-order valence-corrected chi connectivity index (χ1v) is 3.48. The van der Waals surface area contributed by atoms with Gasteiger partial charge in [-0.1, -0.05) is 0 Å². The second kappa shape index (κ2) is 5.45. The van der Waals surface area contributed by atoms with Gasteiger partial charge in [-0.25, -0.2) is 0 Å². The summed E-state index contributed by atoms with van der Waals surface area (Å²) in [6, 6.07) is 0. The Morgan fingerprint density at radius 2 is 1.64 bits per heavy atom. The lowest BCUT2D eigenvalue weighted by atomic mass is 10.1. The number of aliphatic hydroxyl groups is 4. The molecule has 3 atom stereocenters. The Morgan fingerprint density at radius 1 is 1.09 bits per heavy atom. The molecule has 5 heteroatoms. The van der Waals surface area contributed by atoms with Crippen LogP contribution in [0.5, 0.6) is 0 Å². The van der Waals surface area contributed by atoms with Crippen molar-refractivity contribution in [1.82, 2.24) is 0 Å². The van der Waals surface area contributed by atoms with Gasteiger partial charge in [0.2, 0.25) is 0 Å². The molecule has 0 saturated carbocycles. The van der Waals surface area contributed by atoms with Crippen LogP contribution in [0.2, 0.25) is 0 Å². The number of nitrogens with two attached hydrogens (primary N) is 1. The zero-order chi connectivity index (χ0) is 8.85. The molecule has 6 N–H and O–H groups in total. The summed E-state index contributed by atoms with van der Waals surface area (Å²) in [5.41, 5.74) is 5.02. The van der Waals surface area contributed by atoms with Crippen molar-refractivity contribution in [2.75, 3.05) is 13.2 Å². The quantitative estimate of drug-likeness (QED) is 0.307. The minimum absolute atomic E-state index is 0.0399. The van der Waals surface area contributed by atoms with Crippen molar-refractivity contribution in [3.05, 3.63) is 0 Å². The molecule has 0 aromatic heterocycles. The first-order chi connectivity index (χ1) is 5.13. The van der Waals surface area contributed by atoms with Gasteiger partial charge in [-0.2, -0.15) is 0 Å². The summed E-state index contributed by atoms with van der Waals surface area (Å²) >= 11 is 0. The predicted octanol–water partition coefficient (Wildman–Crippen LogP) is -2.59. The summed E-state index contributed by atoms with van der Waals surface area (Å²) in [4.78, 5) is 0. The highest BCUT2D eigenvalue weighted by Crippen LogP contribution is 2.02. The zero-order valence-electron chi connectivity index (χ0n) is 6.22. The van der Waals surface area contributed by atoms with Crippen LogP contribution in [0.15, 0.2) is 0 Å². The molecule has 0 radical (unpaired) electrons. The predicted molar refractivity (Wildman–Crippen MR) is 38.8 cm³/mol. The summed E-state index contributed by atoms with van der Waals surface area (Å²) in [6.45, 7) is -0.334. The highest BCUT2D eigenvalue weighted by molar-refractivity contribution is 4.75. The van der Waals surface area contributed by atoms with Gasteiger partial charge < -0.3 is 26.2 Å². The Hall–Kier alpha value is -0.200. The van der Waals surface area contributed by atoms with Gasteiger partial charge in [0, 0.05) is 13.2 Å². The molecule has 0 aromatic carbocycles. The van der Waals surface area contributed by atoms with Gasteiger partial charge in [0.25, 0.3) is 0 Å². The maximum Gasteiger partial charge on any atom is 0.107 e. The Morgan fingerprint density at radius 3 is 2.00 bits per heavy atom. The largest absolute Gasteiger partial charge is 0.396 e. The molecule has 0 spiro atoms. The lowest BCUT2D eigenvalue weighted by Crippen LogP contribution is -2.41. The van der Waals surface area contributed by atoms with Crippen molar-refractivity contribution in [1.29, 1.82) is 0 Å². The molecule has 0 aromatic rings. The first-order valence-electron chi connectivity index (χ1n) is 3.48. The molecule has 11 heavy (non-hydrogen) atoms. The molecule has 0 aliphatic carbocycles. The third-order valence-corrected chi connectivity index (χ3v) is 1.45. The van der Waals surface area contributed by atoms with E-state index in [0.29, 0.717) is 0 Å². The molecule has 0 saturated heterocycles. The lowest BCUT2D eigenvalue weighted by Gasteiger charge is -2.20. The average Bonchev–Trinajstić information content (AvgIpc) is 2.02. The molecular formula is C6H15NO4. The van der Waals surface area contributed by atoms with Gasteiger partial charge in [0.05, 0.1) is 12.2 Å². The SMILES string of the molecule is NCC(O)[C@H](O)[C@@H](O)CCO. The van der Waals surface area contributed by atoms with E-state index in [-0.39, 0.29) is 19.6 Å². The van der Waals surface area contributed by atoms with E-state index in [4.69, 9.17) is 26.2 Å². The highest BCUT2D eigenvalue weighted by Gasteiger charge is 2.22. The van der Waals surface area contributed by atoms with Crippen molar-refractivity contribution in [2.24, 2.45) is 5.73 Å². The Bertz CT molecular complexity index is 101. The molecular weight excluding hydrogens is 150 g/mol. The number of hydrogen-bond donors (Lipinski definition) is 5. The smallest absolute Gasteiger partial charge is 0.107 e. The van der Waals surface area contributed by atoms with E-state index < -0.39 is 18.3 Å². The van der Waals surface area contributed by atoms with Crippen LogP contribution in [0.3, 0.4) is 0 Å². The standard InChI is InChI=1S/C6H15NO4/c7-3-5(10)6(11)4(9)1-2-8/h4-6,8-11H,1-3,7H2/t4-,5?,6+/m0/s1. The number of aliphatic hydroxyl groups excluding tert-OH is 4. The minimum Gasteiger partial charge on any atom is -0.396 e. The first kappa shape index (κ1) is 10.8. The fourth-order valence-electron chi connectivity index (χ4n) is 0.699. The molecule has 0 amide bonds. The van der Waals surface area contributed by atoms with Crippen LogP contribution in [0.25, 0.3) is 0 Å². The van der Waals surface area contributed by atoms with Crippen LogP contribution < -0.4 is 5.73 Å². The third-order valence-electron chi connectivity index (χ3n) is 1.45.